The third-order valence-corrected chi connectivity index (χ3v) is 3.56. The molecule has 0 aromatic carbocycles. The van der Waals surface area contributed by atoms with Crippen molar-refractivity contribution in [3.8, 4) is 0 Å². The number of hydrogen-bond donors (Lipinski definition) is 2. The first-order valence-corrected chi connectivity index (χ1v) is 8.81. The van der Waals surface area contributed by atoms with Crippen LogP contribution in [0.3, 0.4) is 0 Å². The standard InChI is InChI=1S/C17H36O5/c1-4-7-10-20-15(13-18)17(22-12-9-6-3)16(14-19)21-11-8-5-2/h15-19H,4-14H2,1-3H3/t15-,16+,17?. The smallest absolute Gasteiger partial charge is 0.114 e. The maximum Gasteiger partial charge on any atom is 0.114 e. The molecular formula is C17H36O5. The van der Waals surface area contributed by atoms with Gasteiger partial charge in [0.1, 0.15) is 18.3 Å². The molecule has 22 heavy (non-hydrogen) atoms. The second kappa shape index (κ2) is 15.7. The molecular weight excluding hydrogens is 284 g/mol. The van der Waals surface area contributed by atoms with Gasteiger partial charge in [0, 0.05) is 19.8 Å². The third kappa shape index (κ3) is 9.74. The summed E-state index contributed by atoms with van der Waals surface area (Å²) in [6.45, 7) is 7.78. The van der Waals surface area contributed by atoms with E-state index < -0.39 is 18.3 Å². The van der Waals surface area contributed by atoms with E-state index in [9.17, 15) is 10.2 Å². The zero-order chi connectivity index (χ0) is 16.6. The zero-order valence-corrected chi connectivity index (χ0v) is 14.6. The lowest BCUT2D eigenvalue weighted by Crippen LogP contribution is -2.46. The van der Waals surface area contributed by atoms with Crippen LogP contribution in [0.1, 0.15) is 59.3 Å². The van der Waals surface area contributed by atoms with E-state index in [2.05, 4.69) is 20.8 Å². The van der Waals surface area contributed by atoms with Crippen molar-refractivity contribution in [3.05, 3.63) is 0 Å². The van der Waals surface area contributed by atoms with Crippen LogP contribution in [0.4, 0.5) is 0 Å². The Morgan fingerprint density at radius 2 is 1.00 bits per heavy atom. The van der Waals surface area contributed by atoms with Gasteiger partial charge in [0.15, 0.2) is 0 Å². The minimum absolute atomic E-state index is 0.131. The third-order valence-electron chi connectivity index (χ3n) is 3.56. The highest BCUT2D eigenvalue weighted by atomic mass is 16.6. The van der Waals surface area contributed by atoms with Crippen molar-refractivity contribution >= 4 is 0 Å². The van der Waals surface area contributed by atoms with Gasteiger partial charge in [-0.1, -0.05) is 40.0 Å². The molecule has 0 fully saturated rings. The molecule has 134 valence electrons. The van der Waals surface area contributed by atoms with E-state index in [4.69, 9.17) is 14.2 Å². The van der Waals surface area contributed by atoms with Crippen LogP contribution in [0, 0.1) is 0 Å². The largest absolute Gasteiger partial charge is 0.394 e. The molecule has 0 aliphatic rings. The second-order valence-electron chi connectivity index (χ2n) is 5.58. The minimum Gasteiger partial charge on any atom is -0.394 e. The first-order valence-electron chi connectivity index (χ1n) is 8.81. The fourth-order valence-corrected chi connectivity index (χ4v) is 2.08. The fourth-order valence-electron chi connectivity index (χ4n) is 2.08. The van der Waals surface area contributed by atoms with Crippen LogP contribution in [0.2, 0.25) is 0 Å². The molecule has 1 unspecified atom stereocenters. The summed E-state index contributed by atoms with van der Waals surface area (Å²) < 4.78 is 17.4. The molecule has 0 aliphatic carbocycles. The first kappa shape index (κ1) is 21.8. The predicted octanol–water partition coefficient (Wildman–Crippen LogP) is 2.53. The average molecular weight is 320 g/mol. The number of hydrogen-bond acceptors (Lipinski definition) is 5. The number of aliphatic hydroxyl groups is 2. The summed E-state index contributed by atoms with van der Waals surface area (Å²) in [5.41, 5.74) is 0. The van der Waals surface area contributed by atoms with Crippen molar-refractivity contribution < 1.29 is 24.4 Å². The van der Waals surface area contributed by atoms with Crippen molar-refractivity contribution in [1.29, 1.82) is 0 Å². The highest BCUT2D eigenvalue weighted by Gasteiger charge is 2.31. The van der Waals surface area contributed by atoms with Gasteiger partial charge in [-0.25, -0.2) is 0 Å². The van der Waals surface area contributed by atoms with Gasteiger partial charge in [-0.3, -0.25) is 0 Å². The van der Waals surface area contributed by atoms with Gasteiger partial charge in [-0.15, -0.1) is 0 Å². The molecule has 0 saturated heterocycles. The molecule has 0 rings (SSSR count). The quantitative estimate of drug-likeness (QED) is 0.428. The molecule has 0 spiro atoms. The topological polar surface area (TPSA) is 68.2 Å². The normalized spacial score (nSPS) is 15.7. The molecule has 0 heterocycles. The molecule has 0 aromatic heterocycles. The molecule has 3 atom stereocenters. The van der Waals surface area contributed by atoms with Crippen molar-refractivity contribution in [2.24, 2.45) is 0 Å². The Balaban J connectivity index is 4.63. The van der Waals surface area contributed by atoms with E-state index in [0.717, 1.165) is 38.5 Å². The van der Waals surface area contributed by atoms with Crippen LogP contribution < -0.4 is 0 Å². The van der Waals surface area contributed by atoms with Crippen LogP contribution in [0.15, 0.2) is 0 Å². The summed E-state index contributed by atoms with van der Waals surface area (Å²) in [6, 6.07) is 0. The number of unbranched alkanes of at least 4 members (excludes halogenated alkanes) is 3. The molecule has 0 bridgehead atoms. The average Bonchev–Trinajstić information content (AvgIpc) is 2.54. The van der Waals surface area contributed by atoms with Gasteiger partial charge >= 0.3 is 0 Å². The van der Waals surface area contributed by atoms with Crippen LogP contribution in [-0.2, 0) is 14.2 Å². The summed E-state index contributed by atoms with van der Waals surface area (Å²) in [6.07, 6.45) is 4.59. The molecule has 2 N–H and O–H groups in total. The van der Waals surface area contributed by atoms with Gasteiger partial charge < -0.3 is 24.4 Å². The fraction of sp³-hybridized carbons (Fsp3) is 1.00. The van der Waals surface area contributed by atoms with E-state index in [1.165, 1.54) is 0 Å². The van der Waals surface area contributed by atoms with Gasteiger partial charge in [0.2, 0.25) is 0 Å². The van der Waals surface area contributed by atoms with Gasteiger partial charge in [-0.05, 0) is 19.3 Å². The predicted molar refractivity (Wildman–Crippen MR) is 88.1 cm³/mol. The minimum atomic E-state index is -0.456. The highest BCUT2D eigenvalue weighted by Crippen LogP contribution is 2.14. The van der Waals surface area contributed by atoms with E-state index in [0.29, 0.717) is 19.8 Å². The van der Waals surface area contributed by atoms with Gasteiger partial charge in [-0.2, -0.15) is 0 Å². The summed E-state index contributed by atoms with van der Waals surface area (Å²) in [4.78, 5) is 0. The van der Waals surface area contributed by atoms with Crippen LogP contribution >= 0.6 is 0 Å². The summed E-state index contributed by atoms with van der Waals surface area (Å²) in [5, 5.41) is 19.3. The van der Waals surface area contributed by atoms with Crippen LogP contribution in [0.5, 0.6) is 0 Å². The SMILES string of the molecule is CCCCOC([C@H](CO)OCCCC)[C@@H](CO)OCCCC. The van der Waals surface area contributed by atoms with Crippen LogP contribution in [0.25, 0.3) is 0 Å². The van der Waals surface area contributed by atoms with Gasteiger partial charge in [0.25, 0.3) is 0 Å². The maximum absolute atomic E-state index is 9.63. The molecule has 0 radical (unpaired) electrons. The summed E-state index contributed by atoms with van der Waals surface area (Å²) in [7, 11) is 0. The summed E-state index contributed by atoms with van der Waals surface area (Å²) >= 11 is 0. The van der Waals surface area contributed by atoms with Crippen molar-refractivity contribution in [1.82, 2.24) is 0 Å². The van der Waals surface area contributed by atoms with Crippen molar-refractivity contribution in [2.45, 2.75) is 77.6 Å². The first-order chi connectivity index (χ1) is 10.7. The Morgan fingerprint density at radius 3 is 1.32 bits per heavy atom. The number of ether oxygens (including phenoxy) is 3. The Hall–Kier alpha value is -0.200. The lowest BCUT2D eigenvalue weighted by atomic mass is 10.1. The summed E-state index contributed by atoms with van der Waals surface area (Å²) in [5.74, 6) is 0. The number of aliphatic hydroxyl groups excluding tert-OH is 2. The number of rotatable bonds is 16. The van der Waals surface area contributed by atoms with E-state index in [1.807, 2.05) is 0 Å². The molecule has 5 heteroatoms. The Morgan fingerprint density at radius 1 is 0.636 bits per heavy atom. The lowest BCUT2D eigenvalue weighted by molar-refractivity contribution is -0.160. The lowest BCUT2D eigenvalue weighted by Gasteiger charge is -2.32. The zero-order valence-electron chi connectivity index (χ0n) is 14.6. The molecule has 0 aliphatic heterocycles. The molecule has 5 nitrogen and oxygen atoms in total. The Labute approximate surface area is 136 Å². The van der Waals surface area contributed by atoms with Crippen LogP contribution in [-0.4, -0.2) is 61.6 Å². The van der Waals surface area contributed by atoms with Gasteiger partial charge in [0.05, 0.1) is 13.2 Å². The van der Waals surface area contributed by atoms with Crippen molar-refractivity contribution in [2.75, 3.05) is 33.0 Å². The second-order valence-corrected chi connectivity index (χ2v) is 5.58. The van der Waals surface area contributed by atoms with Crippen molar-refractivity contribution in [3.63, 3.8) is 0 Å². The maximum atomic E-state index is 9.63. The van der Waals surface area contributed by atoms with E-state index in [1.54, 1.807) is 0 Å². The highest BCUT2D eigenvalue weighted by molar-refractivity contribution is 4.79. The Bertz CT molecular complexity index is 207. The Kier molecular flexibility index (Phi) is 15.5. The monoisotopic (exact) mass is 320 g/mol. The molecule has 0 saturated carbocycles. The molecule has 0 aromatic rings. The molecule has 0 amide bonds. The van der Waals surface area contributed by atoms with E-state index in [-0.39, 0.29) is 13.2 Å². The van der Waals surface area contributed by atoms with E-state index >= 15 is 0 Å².